The molecule has 17 heavy (non-hydrogen) atoms. The van der Waals surface area contributed by atoms with E-state index in [-0.39, 0.29) is 13.0 Å². The summed E-state index contributed by atoms with van der Waals surface area (Å²) in [4.78, 5) is 4.00. The molecule has 0 saturated heterocycles. The average Bonchev–Trinajstić information content (AvgIpc) is 2.26. The molecule has 0 aliphatic heterocycles. The highest BCUT2D eigenvalue weighted by Gasteiger charge is 2.19. The van der Waals surface area contributed by atoms with E-state index in [1.54, 1.807) is 6.21 Å². The van der Waals surface area contributed by atoms with E-state index in [2.05, 4.69) is 24.0 Å². The van der Waals surface area contributed by atoms with Crippen molar-refractivity contribution in [2.24, 2.45) is 4.99 Å². The fourth-order valence-corrected chi connectivity index (χ4v) is 1.49. The fourth-order valence-electron chi connectivity index (χ4n) is 1.49. The van der Waals surface area contributed by atoms with E-state index in [9.17, 15) is 8.78 Å². The van der Waals surface area contributed by atoms with Crippen LogP contribution in [0.25, 0.3) is 0 Å². The van der Waals surface area contributed by atoms with E-state index in [4.69, 9.17) is 0 Å². The van der Waals surface area contributed by atoms with Crippen molar-refractivity contribution in [2.75, 3.05) is 6.54 Å². The van der Waals surface area contributed by atoms with Crippen molar-refractivity contribution in [3.05, 3.63) is 35.4 Å². The highest BCUT2D eigenvalue weighted by molar-refractivity contribution is 5.79. The standard InChI is InChI=1S/C14H19F2N/c1-3-4-12-5-7-13(8-6-12)11-17-10-9-14(2,15)16/h5-8,11H,3-4,9-10H2,1-2H3/b17-11+. The minimum absolute atomic E-state index is 0.167. The molecule has 0 radical (unpaired) electrons. The normalized spacial score (nSPS) is 12.2. The van der Waals surface area contributed by atoms with Gasteiger partial charge in [0.05, 0.1) is 0 Å². The summed E-state index contributed by atoms with van der Waals surface area (Å²) in [6, 6.07) is 8.05. The Bertz CT molecular complexity index is 349. The maximum atomic E-state index is 12.5. The number of aryl methyl sites for hydroxylation is 1. The van der Waals surface area contributed by atoms with Crippen molar-refractivity contribution in [2.45, 2.75) is 39.0 Å². The Hall–Kier alpha value is -1.25. The van der Waals surface area contributed by atoms with Gasteiger partial charge in [0.25, 0.3) is 0 Å². The highest BCUT2D eigenvalue weighted by Crippen LogP contribution is 2.16. The van der Waals surface area contributed by atoms with E-state index in [1.165, 1.54) is 5.56 Å². The largest absolute Gasteiger partial charge is 0.292 e. The van der Waals surface area contributed by atoms with Crippen LogP contribution >= 0.6 is 0 Å². The zero-order valence-corrected chi connectivity index (χ0v) is 10.4. The average molecular weight is 239 g/mol. The number of aliphatic imine (C=N–C) groups is 1. The molecule has 0 saturated carbocycles. The molecule has 0 bridgehead atoms. The Kier molecular flexibility index (Phi) is 5.26. The highest BCUT2D eigenvalue weighted by atomic mass is 19.3. The van der Waals surface area contributed by atoms with Crippen molar-refractivity contribution in [3.63, 3.8) is 0 Å². The maximum absolute atomic E-state index is 12.5. The molecule has 0 atom stereocenters. The fraction of sp³-hybridized carbons (Fsp3) is 0.500. The minimum atomic E-state index is -2.62. The van der Waals surface area contributed by atoms with Crippen LogP contribution < -0.4 is 0 Å². The Morgan fingerprint density at radius 3 is 2.41 bits per heavy atom. The summed E-state index contributed by atoms with van der Waals surface area (Å²) in [7, 11) is 0. The molecular formula is C14H19F2N. The number of halogens is 2. The van der Waals surface area contributed by atoms with E-state index in [0.29, 0.717) is 0 Å². The molecule has 1 aromatic carbocycles. The Balaban J connectivity index is 2.43. The minimum Gasteiger partial charge on any atom is -0.292 e. The molecule has 94 valence electrons. The summed E-state index contributed by atoms with van der Waals surface area (Å²) in [6.07, 6.45) is 3.65. The Labute approximate surface area is 102 Å². The van der Waals surface area contributed by atoms with Gasteiger partial charge in [-0.15, -0.1) is 0 Å². The SMILES string of the molecule is CCCc1ccc(/C=N/CCC(C)(F)F)cc1. The van der Waals surface area contributed by atoms with Crippen molar-refractivity contribution in [1.82, 2.24) is 0 Å². The number of hydrogen-bond donors (Lipinski definition) is 0. The van der Waals surface area contributed by atoms with E-state index in [1.807, 2.05) is 12.1 Å². The van der Waals surface area contributed by atoms with Crippen LogP contribution in [-0.2, 0) is 6.42 Å². The number of benzene rings is 1. The lowest BCUT2D eigenvalue weighted by Gasteiger charge is -2.06. The summed E-state index contributed by atoms with van der Waals surface area (Å²) in [5.74, 6) is -2.62. The first-order valence-corrected chi connectivity index (χ1v) is 5.98. The second-order valence-corrected chi connectivity index (χ2v) is 4.35. The zero-order chi connectivity index (χ0) is 12.7. The second-order valence-electron chi connectivity index (χ2n) is 4.35. The van der Waals surface area contributed by atoms with E-state index in [0.717, 1.165) is 25.3 Å². The maximum Gasteiger partial charge on any atom is 0.247 e. The zero-order valence-electron chi connectivity index (χ0n) is 10.4. The summed E-state index contributed by atoms with van der Waals surface area (Å²) in [6.45, 7) is 3.22. The van der Waals surface area contributed by atoms with E-state index < -0.39 is 5.92 Å². The molecule has 0 N–H and O–H groups in total. The van der Waals surface area contributed by atoms with Crippen molar-refractivity contribution in [1.29, 1.82) is 0 Å². The van der Waals surface area contributed by atoms with Gasteiger partial charge in [0, 0.05) is 19.2 Å². The molecule has 0 unspecified atom stereocenters. The lowest BCUT2D eigenvalue weighted by molar-refractivity contribution is 0.0158. The first kappa shape index (κ1) is 13.8. The van der Waals surface area contributed by atoms with E-state index >= 15 is 0 Å². The summed E-state index contributed by atoms with van der Waals surface area (Å²) in [5.41, 5.74) is 2.26. The second kappa shape index (κ2) is 6.48. The van der Waals surface area contributed by atoms with Gasteiger partial charge in [0.2, 0.25) is 5.92 Å². The smallest absolute Gasteiger partial charge is 0.247 e. The molecule has 0 aliphatic carbocycles. The van der Waals surface area contributed by atoms with Crippen molar-refractivity contribution < 1.29 is 8.78 Å². The van der Waals surface area contributed by atoms with Gasteiger partial charge in [-0.05, 0) is 24.5 Å². The third-order valence-corrected chi connectivity index (χ3v) is 2.44. The quantitative estimate of drug-likeness (QED) is 0.663. The predicted molar refractivity (Wildman–Crippen MR) is 68.1 cm³/mol. The first-order chi connectivity index (χ1) is 8.01. The summed E-state index contributed by atoms with van der Waals surface area (Å²) >= 11 is 0. The molecule has 0 aromatic heterocycles. The van der Waals surface area contributed by atoms with Gasteiger partial charge in [0.15, 0.2) is 0 Å². The third-order valence-electron chi connectivity index (χ3n) is 2.44. The lowest BCUT2D eigenvalue weighted by Crippen LogP contribution is -2.10. The predicted octanol–water partition coefficient (Wildman–Crippen LogP) is 4.10. The Morgan fingerprint density at radius 2 is 1.88 bits per heavy atom. The summed E-state index contributed by atoms with van der Waals surface area (Å²) in [5, 5.41) is 0. The molecule has 0 fully saturated rings. The molecule has 3 heteroatoms. The van der Waals surface area contributed by atoms with Crippen LogP contribution in [0.15, 0.2) is 29.3 Å². The van der Waals surface area contributed by atoms with Crippen LogP contribution in [0.1, 0.15) is 37.8 Å². The Morgan fingerprint density at radius 1 is 1.24 bits per heavy atom. The van der Waals surface area contributed by atoms with Gasteiger partial charge >= 0.3 is 0 Å². The molecule has 1 nitrogen and oxygen atoms in total. The number of alkyl halides is 2. The van der Waals surface area contributed by atoms with Gasteiger partial charge in [-0.3, -0.25) is 4.99 Å². The van der Waals surface area contributed by atoms with Gasteiger partial charge in [-0.2, -0.15) is 0 Å². The van der Waals surface area contributed by atoms with Gasteiger partial charge < -0.3 is 0 Å². The lowest BCUT2D eigenvalue weighted by atomic mass is 10.1. The molecule has 0 heterocycles. The molecule has 0 amide bonds. The molecule has 0 aliphatic rings. The van der Waals surface area contributed by atoms with Crippen molar-refractivity contribution in [3.8, 4) is 0 Å². The van der Waals surface area contributed by atoms with Crippen LogP contribution in [0.2, 0.25) is 0 Å². The van der Waals surface area contributed by atoms with Crippen molar-refractivity contribution >= 4 is 6.21 Å². The molecule has 0 spiro atoms. The topological polar surface area (TPSA) is 12.4 Å². The number of hydrogen-bond acceptors (Lipinski definition) is 1. The van der Waals surface area contributed by atoms with Gasteiger partial charge in [-0.1, -0.05) is 37.6 Å². The van der Waals surface area contributed by atoms with Gasteiger partial charge in [-0.25, -0.2) is 8.78 Å². The number of nitrogens with zero attached hydrogens (tertiary/aromatic N) is 1. The molecule has 1 aromatic rings. The van der Waals surface area contributed by atoms with Crippen LogP contribution in [0, 0.1) is 0 Å². The van der Waals surface area contributed by atoms with Crippen LogP contribution in [0.3, 0.4) is 0 Å². The van der Waals surface area contributed by atoms with Crippen LogP contribution in [0.5, 0.6) is 0 Å². The monoisotopic (exact) mass is 239 g/mol. The van der Waals surface area contributed by atoms with Crippen LogP contribution in [-0.4, -0.2) is 18.7 Å². The van der Waals surface area contributed by atoms with Crippen LogP contribution in [0.4, 0.5) is 8.78 Å². The molecule has 1 rings (SSSR count). The third kappa shape index (κ3) is 6.15. The molecular weight excluding hydrogens is 220 g/mol. The van der Waals surface area contributed by atoms with Gasteiger partial charge in [0.1, 0.15) is 0 Å². The summed E-state index contributed by atoms with van der Waals surface area (Å²) < 4.78 is 25.0. The number of rotatable bonds is 6. The first-order valence-electron chi connectivity index (χ1n) is 5.98.